The van der Waals surface area contributed by atoms with E-state index in [2.05, 4.69) is 0 Å². The molecule has 0 unspecified atom stereocenters. The standard InChI is InChI=1S/C30H35N3O8S.Na/c1-30(2,3)41-29(36)32-17-14-24(15-18-32)25-16-19-33(26(25)27(34)39-20-22-10-6-4-7-11-22)42(37,38)31-28(35)40-21-23-12-8-5-9-13-23;/h4-13,16,19,24H,14-15,17-18,20-21H2,1-3H3,(H,31,35);. The van der Waals surface area contributed by atoms with Crippen molar-refractivity contribution in [1.82, 2.24) is 13.6 Å². The van der Waals surface area contributed by atoms with Crippen LogP contribution in [0.2, 0.25) is 0 Å². The van der Waals surface area contributed by atoms with Crippen LogP contribution in [0.4, 0.5) is 9.59 Å². The Morgan fingerprint density at radius 3 is 1.93 bits per heavy atom. The Balaban J connectivity index is 0.00000506. The first kappa shape index (κ1) is 34.2. The van der Waals surface area contributed by atoms with Crippen molar-refractivity contribution >= 4 is 57.9 Å². The van der Waals surface area contributed by atoms with E-state index in [0.29, 0.717) is 41.0 Å². The number of carbonyl (C=O) groups excluding carboxylic acids is 3. The quantitative estimate of drug-likeness (QED) is 0.220. The number of hydrogen-bond acceptors (Lipinski definition) is 8. The van der Waals surface area contributed by atoms with E-state index in [-0.39, 0.29) is 54.4 Å². The van der Waals surface area contributed by atoms with E-state index in [1.807, 2.05) is 10.8 Å². The fraction of sp³-hybridized carbons (Fsp3) is 0.367. The third-order valence-electron chi connectivity index (χ3n) is 6.56. The van der Waals surface area contributed by atoms with E-state index in [9.17, 15) is 22.8 Å². The van der Waals surface area contributed by atoms with Crippen molar-refractivity contribution < 1.29 is 37.0 Å². The van der Waals surface area contributed by atoms with Crippen molar-refractivity contribution in [3.8, 4) is 0 Å². The molecule has 0 bridgehead atoms. The van der Waals surface area contributed by atoms with Gasteiger partial charge >= 0.3 is 28.4 Å². The van der Waals surface area contributed by atoms with Crippen molar-refractivity contribution in [2.75, 3.05) is 13.1 Å². The number of esters is 1. The molecule has 11 nitrogen and oxygen atoms in total. The second kappa shape index (κ2) is 14.9. The van der Waals surface area contributed by atoms with E-state index < -0.39 is 34.0 Å². The Labute approximate surface area is 274 Å². The Morgan fingerprint density at radius 2 is 1.40 bits per heavy atom. The number of aromatic nitrogens is 1. The van der Waals surface area contributed by atoms with Crippen molar-refractivity contribution in [2.24, 2.45) is 0 Å². The monoisotopic (exact) mass is 620 g/mol. The second-order valence-corrected chi connectivity index (χ2v) is 12.4. The number of amides is 2. The van der Waals surface area contributed by atoms with Gasteiger partial charge in [0.15, 0.2) is 0 Å². The summed E-state index contributed by atoms with van der Waals surface area (Å²) in [7, 11) is -4.58. The maximum absolute atomic E-state index is 13.4. The topological polar surface area (TPSA) is 133 Å². The zero-order chi connectivity index (χ0) is 30.3. The van der Waals surface area contributed by atoms with Gasteiger partial charge in [0.25, 0.3) is 0 Å². The molecular weight excluding hydrogens is 585 g/mol. The normalized spacial score (nSPS) is 13.9. The SMILES string of the molecule is CC(C)(C)OC(=O)N1CCC(c2ccn(S(=O)(=O)NC(=O)OCc3ccccc3)c2C(=O)OCc2ccccc2)CC1.[Na]. The van der Waals surface area contributed by atoms with Crippen LogP contribution >= 0.6 is 0 Å². The third kappa shape index (κ3) is 9.59. The van der Waals surface area contributed by atoms with Gasteiger partial charge in [0, 0.05) is 48.8 Å². The molecule has 4 rings (SSSR count). The number of likely N-dealkylation sites (tertiary alicyclic amines) is 1. The summed E-state index contributed by atoms with van der Waals surface area (Å²) in [6, 6.07) is 19.3. The number of nitrogens with zero attached hydrogens (tertiary/aromatic N) is 2. The molecule has 43 heavy (non-hydrogen) atoms. The van der Waals surface area contributed by atoms with Gasteiger partial charge in [-0.3, -0.25) is 0 Å². The summed E-state index contributed by atoms with van der Waals surface area (Å²) in [6.07, 6.45) is 0.524. The zero-order valence-electron chi connectivity index (χ0n) is 24.8. The summed E-state index contributed by atoms with van der Waals surface area (Å²) in [5, 5.41) is 0. The van der Waals surface area contributed by atoms with E-state index in [0.717, 1.165) is 5.56 Å². The van der Waals surface area contributed by atoms with Gasteiger partial charge in [-0.1, -0.05) is 60.7 Å². The number of piperidine rings is 1. The second-order valence-electron chi connectivity index (χ2n) is 10.9. The van der Waals surface area contributed by atoms with Crippen LogP contribution < -0.4 is 4.72 Å². The first-order valence-corrected chi connectivity index (χ1v) is 15.0. The van der Waals surface area contributed by atoms with Gasteiger partial charge < -0.3 is 19.1 Å². The number of benzene rings is 2. The minimum atomic E-state index is -4.58. The predicted octanol–water partition coefficient (Wildman–Crippen LogP) is 4.60. The van der Waals surface area contributed by atoms with Crippen molar-refractivity contribution in [3.05, 3.63) is 95.3 Å². The summed E-state index contributed by atoms with van der Waals surface area (Å²) >= 11 is 0. The predicted molar refractivity (Wildman–Crippen MR) is 160 cm³/mol. The van der Waals surface area contributed by atoms with Gasteiger partial charge in [-0.05, 0) is 62.3 Å². The van der Waals surface area contributed by atoms with Crippen molar-refractivity contribution in [3.63, 3.8) is 0 Å². The van der Waals surface area contributed by atoms with Crippen LogP contribution in [0.15, 0.2) is 72.9 Å². The number of rotatable bonds is 8. The Hall–Kier alpha value is -3.32. The Morgan fingerprint density at radius 1 is 0.860 bits per heavy atom. The van der Waals surface area contributed by atoms with Gasteiger partial charge in [0.05, 0.1) is 0 Å². The third-order valence-corrected chi connectivity index (χ3v) is 7.81. The summed E-state index contributed by atoms with van der Waals surface area (Å²) in [6.45, 7) is 5.88. The number of carbonyl (C=O) groups is 3. The van der Waals surface area contributed by atoms with Crippen LogP contribution in [0.1, 0.15) is 66.7 Å². The fourth-order valence-corrected chi connectivity index (χ4v) is 5.57. The van der Waals surface area contributed by atoms with Gasteiger partial charge in [-0.25, -0.2) is 23.1 Å². The molecule has 1 N–H and O–H groups in total. The molecule has 13 heteroatoms. The first-order chi connectivity index (χ1) is 19.9. The molecule has 0 spiro atoms. The van der Waals surface area contributed by atoms with Gasteiger partial charge in [-0.2, -0.15) is 8.42 Å². The van der Waals surface area contributed by atoms with E-state index in [1.54, 1.807) is 80.3 Å². The van der Waals surface area contributed by atoms with Gasteiger partial charge in [0.2, 0.25) is 0 Å². The molecule has 2 heterocycles. The molecule has 1 aromatic heterocycles. The molecule has 0 saturated carbocycles. The van der Waals surface area contributed by atoms with Crippen molar-refractivity contribution in [1.29, 1.82) is 0 Å². The Bertz CT molecular complexity index is 1500. The molecule has 2 aromatic carbocycles. The minimum Gasteiger partial charge on any atom is -0.456 e. The summed E-state index contributed by atoms with van der Waals surface area (Å²) in [4.78, 5) is 39.9. The first-order valence-electron chi connectivity index (χ1n) is 13.6. The molecule has 1 aliphatic rings. The van der Waals surface area contributed by atoms with Crippen LogP contribution in [0.25, 0.3) is 0 Å². The van der Waals surface area contributed by atoms with Crippen LogP contribution in [-0.2, 0) is 37.6 Å². The van der Waals surface area contributed by atoms with Crippen LogP contribution in [0.3, 0.4) is 0 Å². The number of nitrogens with one attached hydrogen (secondary N) is 1. The summed E-state index contributed by atoms with van der Waals surface area (Å²) in [5.41, 5.74) is 0.993. The average molecular weight is 621 g/mol. The molecule has 225 valence electrons. The summed E-state index contributed by atoms with van der Waals surface area (Å²) < 4.78 is 45.2. The van der Waals surface area contributed by atoms with Crippen molar-refractivity contribution in [2.45, 2.75) is 58.3 Å². The van der Waals surface area contributed by atoms with Gasteiger partial charge in [0.1, 0.15) is 24.5 Å². The minimum absolute atomic E-state index is 0. The molecule has 3 aromatic rings. The van der Waals surface area contributed by atoms with Crippen LogP contribution in [-0.4, -0.2) is 83.7 Å². The summed E-state index contributed by atoms with van der Waals surface area (Å²) in [5.74, 6) is -1.11. The zero-order valence-corrected chi connectivity index (χ0v) is 27.6. The number of ether oxygens (including phenoxy) is 3. The molecule has 1 radical (unpaired) electrons. The molecule has 2 amide bonds. The average Bonchev–Trinajstić information content (AvgIpc) is 3.42. The molecule has 1 saturated heterocycles. The molecule has 1 fully saturated rings. The van der Waals surface area contributed by atoms with E-state index in [4.69, 9.17) is 14.2 Å². The van der Waals surface area contributed by atoms with E-state index in [1.165, 1.54) is 12.3 Å². The maximum Gasteiger partial charge on any atom is 0.422 e. The molecule has 1 aliphatic heterocycles. The van der Waals surface area contributed by atoms with E-state index >= 15 is 0 Å². The fourth-order valence-electron chi connectivity index (χ4n) is 4.56. The molecule has 0 aliphatic carbocycles. The largest absolute Gasteiger partial charge is 0.456 e. The van der Waals surface area contributed by atoms with Crippen LogP contribution in [0.5, 0.6) is 0 Å². The Kier molecular flexibility index (Phi) is 11.9. The smallest absolute Gasteiger partial charge is 0.422 e. The van der Waals surface area contributed by atoms with Crippen LogP contribution in [0, 0.1) is 0 Å². The van der Waals surface area contributed by atoms with Gasteiger partial charge in [-0.15, -0.1) is 0 Å². The molecule has 0 atom stereocenters. The maximum atomic E-state index is 13.4. The molecular formula is C30H35N3NaO8S. The number of hydrogen-bond donors (Lipinski definition) is 1.